The van der Waals surface area contributed by atoms with Crippen molar-refractivity contribution < 1.29 is 24.2 Å². The number of carboxylic acid groups (broad SMARTS) is 1. The van der Waals surface area contributed by atoms with Gasteiger partial charge in [0.2, 0.25) is 0 Å². The highest BCUT2D eigenvalue weighted by Crippen LogP contribution is 2.27. The number of Topliss-reactive ketones (excluding diaryl/α,β-unsaturated/α-hetero) is 1. The Kier molecular flexibility index (Phi) is 4.24. The number of carboxylic acids is 1. The fourth-order valence-electron chi connectivity index (χ4n) is 2.64. The minimum Gasteiger partial charge on any atom is -0.482 e. The Bertz CT molecular complexity index is 864. The van der Waals surface area contributed by atoms with Crippen molar-refractivity contribution in [3.8, 4) is 5.75 Å². The van der Waals surface area contributed by atoms with Gasteiger partial charge >= 0.3 is 5.97 Å². The number of rotatable bonds is 5. The van der Waals surface area contributed by atoms with Crippen molar-refractivity contribution in [2.45, 2.75) is 6.42 Å². The van der Waals surface area contributed by atoms with E-state index in [1.165, 1.54) is 6.08 Å². The SMILES string of the molecule is O=C(O)COc1ccccc1CC1=CC(=O)c2ccccc2C1=O. The molecule has 1 aliphatic carbocycles. The predicted octanol–water partition coefficient (Wildman–Crippen LogP) is 2.70. The molecule has 0 aromatic heterocycles. The molecule has 120 valence electrons. The summed E-state index contributed by atoms with van der Waals surface area (Å²) < 4.78 is 5.25. The van der Waals surface area contributed by atoms with Gasteiger partial charge in [0.15, 0.2) is 18.2 Å². The average molecular weight is 322 g/mol. The van der Waals surface area contributed by atoms with E-state index in [0.717, 1.165) is 0 Å². The van der Waals surface area contributed by atoms with Crippen molar-refractivity contribution in [2.75, 3.05) is 6.61 Å². The number of allylic oxidation sites excluding steroid dienone is 2. The predicted molar refractivity (Wildman–Crippen MR) is 86.5 cm³/mol. The third-order valence-electron chi connectivity index (χ3n) is 3.74. The first-order valence-corrected chi connectivity index (χ1v) is 7.37. The van der Waals surface area contributed by atoms with E-state index in [4.69, 9.17) is 9.84 Å². The Morgan fingerprint density at radius 1 is 0.958 bits per heavy atom. The molecule has 2 aromatic carbocycles. The number of benzene rings is 2. The second-order valence-electron chi connectivity index (χ2n) is 5.38. The molecule has 2 aromatic rings. The first-order valence-electron chi connectivity index (χ1n) is 7.37. The number of hydrogen-bond acceptors (Lipinski definition) is 4. The molecule has 0 unspecified atom stereocenters. The molecular formula is C19H14O5. The van der Waals surface area contributed by atoms with Crippen LogP contribution in [-0.4, -0.2) is 29.2 Å². The van der Waals surface area contributed by atoms with Gasteiger partial charge in [-0.05, 0) is 17.7 Å². The summed E-state index contributed by atoms with van der Waals surface area (Å²) in [5.74, 6) is -1.09. The van der Waals surface area contributed by atoms with Gasteiger partial charge in [-0.3, -0.25) is 9.59 Å². The highest BCUT2D eigenvalue weighted by Gasteiger charge is 2.25. The summed E-state index contributed by atoms with van der Waals surface area (Å²) in [5.41, 5.74) is 1.82. The smallest absolute Gasteiger partial charge is 0.341 e. The van der Waals surface area contributed by atoms with Gasteiger partial charge < -0.3 is 9.84 Å². The summed E-state index contributed by atoms with van der Waals surface area (Å²) in [4.78, 5) is 35.5. The minimum atomic E-state index is -1.08. The van der Waals surface area contributed by atoms with Crippen LogP contribution in [0.4, 0.5) is 0 Å². The van der Waals surface area contributed by atoms with Gasteiger partial charge in [-0.1, -0.05) is 42.5 Å². The molecule has 0 heterocycles. The number of para-hydroxylation sites is 1. The van der Waals surface area contributed by atoms with Crippen LogP contribution >= 0.6 is 0 Å². The molecule has 5 nitrogen and oxygen atoms in total. The normalized spacial score (nSPS) is 13.2. The van der Waals surface area contributed by atoms with Crippen LogP contribution in [0.3, 0.4) is 0 Å². The molecular weight excluding hydrogens is 308 g/mol. The monoisotopic (exact) mass is 322 g/mol. The zero-order valence-electron chi connectivity index (χ0n) is 12.7. The van der Waals surface area contributed by atoms with Crippen LogP contribution in [0.15, 0.2) is 60.2 Å². The van der Waals surface area contributed by atoms with E-state index in [1.54, 1.807) is 48.5 Å². The van der Waals surface area contributed by atoms with Crippen LogP contribution in [-0.2, 0) is 11.2 Å². The highest BCUT2D eigenvalue weighted by molar-refractivity contribution is 6.24. The second-order valence-corrected chi connectivity index (χ2v) is 5.38. The zero-order valence-corrected chi connectivity index (χ0v) is 12.7. The van der Waals surface area contributed by atoms with E-state index in [0.29, 0.717) is 28.0 Å². The molecule has 1 aliphatic rings. The Labute approximate surface area is 138 Å². The van der Waals surface area contributed by atoms with Gasteiger partial charge in [0.25, 0.3) is 0 Å². The molecule has 24 heavy (non-hydrogen) atoms. The molecule has 3 rings (SSSR count). The van der Waals surface area contributed by atoms with Crippen molar-refractivity contribution in [3.63, 3.8) is 0 Å². The summed E-state index contributed by atoms with van der Waals surface area (Å²) in [6, 6.07) is 13.6. The number of aliphatic carboxylic acids is 1. The van der Waals surface area contributed by atoms with Crippen LogP contribution in [0.2, 0.25) is 0 Å². The van der Waals surface area contributed by atoms with Crippen molar-refractivity contribution in [1.29, 1.82) is 0 Å². The molecule has 0 spiro atoms. The molecule has 0 saturated carbocycles. The summed E-state index contributed by atoms with van der Waals surface area (Å²) >= 11 is 0. The number of ether oxygens (including phenoxy) is 1. The molecule has 0 bridgehead atoms. The van der Waals surface area contributed by atoms with Crippen LogP contribution in [0.5, 0.6) is 5.75 Å². The molecule has 0 radical (unpaired) electrons. The fourth-order valence-corrected chi connectivity index (χ4v) is 2.64. The third kappa shape index (κ3) is 3.10. The van der Waals surface area contributed by atoms with Crippen LogP contribution in [0, 0.1) is 0 Å². The van der Waals surface area contributed by atoms with Crippen molar-refractivity contribution in [3.05, 3.63) is 76.9 Å². The maximum atomic E-state index is 12.6. The highest BCUT2D eigenvalue weighted by atomic mass is 16.5. The Morgan fingerprint density at radius 3 is 2.38 bits per heavy atom. The first-order chi connectivity index (χ1) is 11.6. The lowest BCUT2D eigenvalue weighted by Gasteiger charge is -2.16. The van der Waals surface area contributed by atoms with E-state index < -0.39 is 12.6 Å². The average Bonchev–Trinajstić information content (AvgIpc) is 2.58. The molecule has 0 saturated heterocycles. The standard InChI is InChI=1S/C19H14O5/c20-16-10-13(19(23)15-7-3-2-6-14(15)16)9-12-5-1-4-8-17(12)24-11-18(21)22/h1-8,10H,9,11H2,(H,21,22). The lowest BCUT2D eigenvalue weighted by atomic mass is 9.86. The van der Waals surface area contributed by atoms with Gasteiger partial charge in [-0.25, -0.2) is 4.79 Å². The molecule has 0 fully saturated rings. The number of carbonyl (C=O) groups is 3. The number of carbonyl (C=O) groups excluding carboxylic acids is 2. The topological polar surface area (TPSA) is 80.7 Å². The Morgan fingerprint density at radius 2 is 1.62 bits per heavy atom. The van der Waals surface area contributed by atoms with Gasteiger partial charge in [0.05, 0.1) is 0 Å². The lowest BCUT2D eigenvalue weighted by molar-refractivity contribution is -0.139. The summed E-state index contributed by atoms with van der Waals surface area (Å²) in [7, 11) is 0. The fraction of sp³-hybridized carbons (Fsp3) is 0.105. The Balaban J connectivity index is 1.89. The number of ketones is 2. The number of hydrogen-bond donors (Lipinski definition) is 1. The molecule has 1 N–H and O–H groups in total. The van der Waals surface area contributed by atoms with Gasteiger partial charge in [-0.15, -0.1) is 0 Å². The summed E-state index contributed by atoms with van der Waals surface area (Å²) in [6.07, 6.45) is 1.55. The second kappa shape index (κ2) is 6.50. The van der Waals surface area contributed by atoms with E-state index in [2.05, 4.69) is 0 Å². The first kappa shape index (κ1) is 15.7. The summed E-state index contributed by atoms with van der Waals surface area (Å²) in [5, 5.41) is 8.74. The minimum absolute atomic E-state index is 0.196. The molecule has 0 aliphatic heterocycles. The lowest BCUT2D eigenvalue weighted by Crippen LogP contribution is -2.18. The van der Waals surface area contributed by atoms with Crippen LogP contribution in [0.25, 0.3) is 0 Å². The third-order valence-corrected chi connectivity index (χ3v) is 3.74. The molecule has 0 amide bonds. The summed E-state index contributed by atoms with van der Waals surface area (Å²) in [6.45, 7) is -0.466. The van der Waals surface area contributed by atoms with Crippen molar-refractivity contribution in [2.24, 2.45) is 0 Å². The van der Waals surface area contributed by atoms with E-state index in [1.807, 2.05) is 0 Å². The Hall–Kier alpha value is -3.21. The molecule has 5 heteroatoms. The number of fused-ring (bicyclic) bond motifs is 1. The van der Waals surface area contributed by atoms with E-state index >= 15 is 0 Å². The van der Waals surface area contributed by atoms with Crippen LogP contribution < -0.4 is 4.74 Å². The quantitative estimate of drug-likeness (QED) is 0.915. The van der Waals surface area contributed by atoms with Gasteiger partial charge in [-0.2, -0.15) is 0 Å². The largest absolute Gasteiger partial charge is 0.482 e. The maximum absolute atomic E-state index is 12.6. The van der Waals surface area contributed by atoms with Gasteiger partial charge in [0, 0.05) is 23.1 Å². The van der Waals surface area contributed by atoms with E-state index in [9.17, 15) is 14.4 Å². The zero-order chi connectivity index (χ0) is 17.1. The van der Waals surface area contributed by atoms with Gasteiger partial charge in [0.1, 0.15) is 5.75 Å². The molecule has 0 atom stereocenters. The van der Waals surface area contributed by atoms with Crippen molar-refractivity contribution in [1.82, 2.24) is 0 Å². The van der Waals surface area contributed by atoms with E-state index in [-0.39, 0.29) is 18.0 Å². The van der Waals surface area contributed by atoms with Crippen LogP contribution in [0.1, 0.15) is 26.3 Å². The maximum Gasteiger partial charge on any atom is 0.341 e. The van der Waals surface area contributed by atoms with Crippen molar-refractivity contribution >= 4 is 17.5 Å².